The van der Waals surface area contributed by atoms with Gasteiger partial charge in [-0.25, -0.2) is 0 Å². The lowest BCUT2D eigenvalue weighted by Gasteiger charge is -2.20. The molecule has 2 N–H and O–H groups in total. The standard InChI is InChI=1S/C15H21N3O2/c1-16-14(19)6-8-18(2)15(20)12-4-3-11-5-7-17-10-13(11)9-12/h3-4,9,17H,5-8,10H2,1-2H3,(H,16,19). The molecule has 5 nitrogen and oxygen atoms in total. The Morgan fingerprint density at radius 1 is 1.35 bits per heavy atom. The molecule has 2 amide bonds. The predicted molar refractivity (Wildman–Crippen MR) is 77.5 cm³/mol. The highest BCUT2D eigenvalue weighted by molar-refractivity contribution is 5.94. The van der Waals surface area contributed by atoms with Crippen molar-refractivity contribution in [3.05, 3.63) is 34.9 Å². The van der Waals surface area contributed by atoms with Crippen LogP contribution in [0.25, 0.3) is 0 Å². The number of fused-ring (bicyclic) bond motifs is 1. The first-order valence-electron chi connectivity index (χ1n) is 6.90. The average Bonchev–Trinajstić information content (AvgIpc) is 2.50. The summed E-state index contributed by atoms with van der Waals surface area (Å²) in [5.74, 6) is -0.0958. The molecule has 1 aliphatic heterocycles. The molecule has 0 unspecified atom stereocenters. The van der Waals surface area contributed by atoms with E-state index < -0.39 is 0 Å². The van der Waals surface area contributed by atoms with E-state index in [-0.39, 0.29) is 11.8 Å². The Kier molecular flexibility index (Phi) is 4.74. The monoisotopic (exact) mass is 275 g/mol. The summed E-state index contributed by atoms with van der Waals surface area (Å²) in [7, 11) is 3.32. The minimum Gasteiger partial charge on any atom is -0.359 e. The lowest BCUT2D eigenvalue weighted by Crippen LogP contribution is -2.31. The molecule has 0 saturated carbocycles. The number of carbonyl (C=O) groups is 2. The quantitative estimate of drug-likeness (QED) is 0.843. The van der Waals surface area contributed by atoms with Gasteiger partial charge in [-0.3, -0.25) is 9.59 Å². The summed E-state index contributed by atoms with van der Waals surface area (Å²) >= 11 is 0. The predicted octanol–water partition coefficient (Wildman–Crippen LogP) is 0.540. The second-order valence-corrected chi connectivity index (χ2v) is 5.06. The van der Waals surface area contributed by atoms with E-state index in [0.717, 1.165) is 19.5 Å². The lowest BCUT2D eigenvalue weighted by atomic mass is 9.98. The van der Waals surface area contributed by atoms with Crippen LogP contribution in [0.1, 0.15) is 27.9 Å². The summed E-state index contributed by atoms with van der Waals surface area (Å²) in [5, 5.41) is 5.86. The first-order chi connectivity index (χ1) is 9.61. The van der Waals surface area contributed by atoms with E-state index in [1.54, 1.807) is 19.0 Å². The van der Waals surface area contributed by atoms with Gasteiger partial charge in [0.1, 0.15) is 0 Å². The molecule has 1 aromatic carbocycles. The summed E-state index contributed by atoms with van der Waals surface area (Å²) in [6.45, 7) is 2.23. The summed E-state index contributed by atoms with van der Waals surface area (Å²) in [6, 6.07) is 5.87. The van der Waals surface area contributed by atoms with Crippen molar-refractivity contribution in [1.29, 1.82) is 0 Å². The van der Waals surface area contributed by atoms with E-state index in [1.165, 1.54) is 11.1 Å². The van der Waals surface area contributed by atoms with Gasteiger partial charge in [0, 0.05) is 39.2 Å². The normalized spacial score (nSPS) is 13.5. The molecule has 20 heavy (non-hydrogen) atoms. The van der Waals surface area contributed by atoms with Crippen molar-refractivity contribution in [3.63, 3.8) is 0 Å². The van der Waals surface area contributed by atoms with Crippen molar-refractivity contribution in [2.75, 3.05) is 27.2 Å². The van der Waals surface area contributed by atoms with Crippen LogP contribution in [0, 0.1) is 0 Å². The first-order valence-corrected chi connectivity index (χ1v) is 6.90. The molecule has 1 aliphatic rings. The number of amides is 2. The van der Waals surface area contributed by atoms with Gasteiger partial charge >= 0.3 is 0 Å². The Balaban J connectivity index is 2.03. The number of nitrogens with zero attached hydrogens (tertiary/aromatic N) is 1. The van der Waals surface area contributed by atoms with Gasteiger partial charge in [-0.2, -0.15) is 0 Å². The van der Waals surface area contributed by atoms with Crippen LogP contribution in [0.5, 0.6) is 0 Å². The minimum absolute atomic E-state index is 0.0396. The number of hydrogen-bond acceptors (Lipinski definition) is 3. The highest BCUT2D eigenvalue weighted by atomic mass is 16.2. The zero-order valence-electron chi connectivity index (χ0n) is 12.0. The maximum atomic E-state index is 12.3. The number of rotatable bonds is 4. The van der Waals surface area contributed by atoms with E-state index in [1.807, 2.05) is 18.2 Å². The van der Waals surface area contributed by atoms with Gasteiger partial charge in [0.05, 0.1) is 0 Å². The lowest BCUT2D eigenvalue weighted by molar-refractivity contribution is -0.120. The Hall–Kier alpha value is -1.88. The fourth-order valence-electron chi connectivity index (χ4n) is 2.33. The van der Waals surface area contributed by atoms with Crippen molar-refractivity contribution < 1.29 is 9.59 Å². The molecule has 1 aromatic rings. The van der Waals surface area contributed by atoms with Crippen molar-refractivity contribution in [2.45, 2.75) is 19.4 Å². The Morgan fingerprint density at radius 3 is 2.90 bits per heavy atom. The van der Waals surface area contributed by atoms with Crippen LogP contribution >= 0.6 is 0 Å². The zero-order chi connectivity index (χ0) is 14.5. The molecule has 0 radical (unpaired) electrons. The number of nitrogens with one attached hydrogen (secondary N) is 2. The first kappa shape index (κ1) is 14.5. The van der Waals surface area contributed by atoms with Gasteiger partial charge in [-0.1, -0.05) is 6.07 Å². The van der Waals surface area contributed by atoms with Gasteiger partial charge in [0.15, 0.2) is 0 Å². The third kappa shape index (κ3) is 3.36. The molecule has 0 aromatic heterocycles. The fraction of sp³-hybridized carbons (Fsp3) is 0.467. The molecule has 0 atom stereocenters. The highest BCUT2D eigenvalue weighted by Crippen LogP contribution is 2.16. The van der Waals surface area contributed by atoms with Crippen LogP contribution < -0.4 is 10.6 Å². The summed E-state index contributed by atoms with van der Waals surface area (Å²) in [4.78, 5) is 25.1. The molecule has 0 saturated heterocycles. The van der Waals surface area contributed by atoms with E-state index in [0.29, 0.717) is 18.5 Å². The Bertz CT molecular complexity index is 514. The number of benzene rings is 1. The maximum Gasteiger partial charge on any atom is 0.253 e. The number of carbonyl (C=O) groups excluding carboxylic acids is 2. The molecular formula is C15H21N3O2. The summed E-state index contributed by atoms with van der Waals surface area (Å²) in [6.07, 6.45) is 1.33. The highest BCUT2D eigenvalue weighted by Gasteiger charge is 2.16. The molecule has 5 heteroatoms. The topological polar surface area (TPSA) is 61.4 Å². The Morgan fingerprint density at radius 2 is 2.15 bits per heavy atom. The summed E-state index contributed by atoms with van der Waals surface area (Å²) < 4.78 is 0. The van der Waals surface area contributed by atoms with Gasteiger partial charge < -0.3 is 15.5 Å². The largest absolute Gasteiger partial charge is 0.359 e. The van der Waals surface area contributed by atoms with Gasteiger partial charge in [0.2, 0.25) is 5.91 Å². The third-order valence-corrected chi connectivity index (χ3v) is 3.64. The molecule has 108 valence electrons. The van der Waals surface area contributed by atoms with Crippen LogP contribution in [-0.4, -0.2) is 43.9 Å². The van der Waals surface area contributed by atoms with E-state index in [9.17, 15) is 9.59 Å². The smallest absolute Gasteiger partial charge is 0.253 e. The van der Waals surface area contributed by atoms with Crippen LogP contribution in [0.3, 0.4) is 0 Å². The van der Waals surface area contributed by atoms with Crippen LogP contribution in [0.15, 0.2) is 18.2 Å². The van der Waals surface area contributed by atoms with E-state index >= 15 is 0 Å². The van der Waals surface area contributed by atoms with Crippen LogP contribution in [-0.2, 0) is 17.8 Å². The molecule has 2 rings (SSSR count). The number of hydrogen-bond donors (Lipinski definition) is 2. The van der Waals surface area contributed by atoms with Crippen LogP contribution in [0.4, 0.5) is 0 Å². The second kappa shape index (κ2) is 6.52. The van der Waals surface area contributed by atoms with E-state index in [2.05, 4.69) is 10.6 Å². The van der Waals surface area contributed by atoms with Gasteiger partial charge in [0.25, 0.3) is 5.91 Å². The maximum absolute atomic E-state index is 12.3. The molecule has 1 heterocycles. The average molecular weight is 275 g/mol. The van der Waals surface area contributed by atoms with Crippen molar-refractivity contribution in [3.8, 4) is 0 Å². The van der Waals surface area contributed by atoms with Crippen LogP contribution in [0.2, 0.25) is 0 Å². The second-order valence-electron chi connectivity index (χ2n) is 5.06. The third-order valence-electron chi connectivity index (χ3n) is 3.64. The van der Waals surface area contributed by atoms with E-state index in [4.69, 9.17) is 0 Å². The minimum atomic E-state index is -0.0562. The fourth-order valence-corrected chi connectivity index (χ4v) is 2.33. The van der Waals surface area contributed by atoms with Crippen molar-refractivity contribution >= 4 is 11.8 Å². The summed E-state index contributed by atoms with van der Waals surface area (Å²) in [5.41, 5.74) is 3.20. The zero-order valence-corrected chi connectivity index (χ0v) is 12.0. The van der Waals surface area contributed by atoms with Gasteiger partial charge in [-0.15, -0.1) is 0 Å². The van der Waals surface area contributed by atoms with Crippen molar-refractivity contribution in [1.82, 2.24) is 15.5 Å². The Labute approximate surface area is 119 Å². The molecule has 0 bridgehead atoms. The SMILES string of the molecule is CNC(=O)CCN(C)C(=O)c1ccc2c(c1)CNCC2. The van der Waals surface area contributed by atoms with Gasteiger partial charge in [-0.05, 0) is 36.2 Å². The van der Waals surface area contributed by atoms with Crippen molar-refractivity contribution in [2.24, 2.45) is 0 Å². The molecule has 0 fully saturated rings. The molecule has 0 spiro atoms. The molecular weight excluding hydrogens is 254 g/mol. The molecule has 0 aliphatic carbocycles.